The molecule has 0 spiro atoms. The smallest absolute Gasteiger partial charge is 0.410 e. The Kier molecular flexibility index (Phi) is 6.65. The van der Waals surface area contributed by atoms with Gasteiger partial charge >= 0.3 is 6.09 Å². The Bertz CT molecular complexity index is 785. The Hall–Kier alpha value is -2.60. The number of piperazine rings is 1. The molecule has 0 unspecified atom stereocenters. The van der Waals surface area contributed by atoms with Crippen LogP contribution in [0.4, 0.5) is 4.79 Å². The van der Waals surface area contributed by atoms with E-state index in [1.807, 2.05) is 0 Å². The van der Waals surface area contributed by atoms with E-state index in [0.29, 0.717) is 13.1 Å². The number of aryl methyl sites for hydroxylation is 1. The lowest BCUT2D eigenvalue weighted by atomic mass is 10.0. The summed E-state index contributed by atoms with van der Waals surface area (Å²) in [4.78, 5) is 27.1. The number of carbonyl (C=O) groups excluding carboxylic acids is 2. The summed E-state index contributed by atoms with van der Waals surface area (Å²) < 4.78 is 5.00. The van der Waals surface area contributed by atoms with Gasteiger partial charge in [-0.1, -0.05) is 42.5 Å². The summed E-state index contributed by atoms with van der Waals surface area (Å²) in [5, 5.41) is 5.00. The van der Waals surface area contributed by atoms with Gasteiger partial charge in [0.05, 0.1) is 0 Å². The van der Waals surface area contributed by atoms with Gasteiger partial charge in [-0.3, -0.25) is 9.69 Å². The van der Waals surface area contributed by atoms with E-state index < -0.39 is 6.09 Å². The van der Waals surface area contributed by atoms with Crippen molar-refractivity contribution in [3.8, 4) is 0 Å². The molecule has 3 rings (SSSR count). The van der Waals surface area contributed by atoms with E-state index in [1.165, 1.54) is 23.4 Å². The molecule has 0 saturated carbocycles. The number of amides is 2. The molecule has 6 nitrogen and oxygen atoms in total. The number of fused-ring (bicyclic) bond motifs is 1. The molecule has 0 aliphatic carbocycles. The number of nitrogens with one attached hydrogen (secondary N) is 1. The van der Waals surface area contributed by atoms with Crippen LogP contribution in [-0.2, 0) is 16.0 Å². The van der Waals surface area contributed by atoms with Crippen molar-refractivity contribution < 1.29 is 14.3 Å². The van der Waals surface area contributed by atoms with E-state index in [-0.39, 0.29) is 12.5 Å². The van der Waals surface area contributed by atoms with Crippen LogP contribution in [0.25, 0.3) is 10.8 Å². The van der Waals surface area contributed by atoms with Gasteiger partial charge in [-0.25, -0.2) is 4.79 Å². The van der Waals surface area contributed by atoms with Gasteiger partial charge in [0.25, 0.3) is 5.91 Å². The SMILES string of the molecule is CNC(=O)COC(=O)N1CCN(CCCc2ccc3ccccc3c2)CC1. The zero-order chi connectivity index (χ0) is 19.1. The Morgan fingerprint density at radius 1 is 1.04 bits per heavy atom. The maximum atomic E-state index is 11.9. The van der Waals surface area contributed by atoms with E-state index >= 15 is 0 Å². The summed E-state index contributed by atoms with van der Waals surface area (Å²) in [6, 6.07) is 15.1. The van der Waals surface area contributed by atoms with Crippen molar-refractivity contribution >= 4 is 22.8 Å². The zero-order valence-electron chi connectivity index (χ0n) is 15.8. The minimum atomic E-state index is -0.408. The van der Waals surface area contributed by atoms with Crippen LogP contribution in [0.2, 0.25) is 0 Å². The van der Waals surface area contributed by atoms with Gasteiger partial charge in [0.15, 0.2) is 6.61 Å². The monoisotopic (exact) mass is 369 g/mol. The molecule has 6 heteroatoms. The highest BCUT2D eigenvalue weighted by molar-refractivity contribution is 5.83. The molecule has 2 aromatic rings. The van der Waals surface area contributed by atoms with Crippen LogP contribution in [-0.4, -0.2) is 68.2 Å². The number of rotatable bonds is 6. The average molecular weight is 369 g/mol. The molecule has 0 atom stereocenters. The van der Waals surface area contributed by atoms with Gasteiger partial charge in [0.2, 0.25) is 0 Å². The normalized spacial score (nSPS) is 14.9. The molecule has 1 saturated heterocycles. The highest BCUT2D eigenvalue weighted by Crippen LogP contribution is 2.17. The van der Waals surface area contributed by atoms with E-state index in [2.05, 4.69) is 52.7 Å². The molecule has 0 bridgehead atoms. The highest BCUT2D eigenvalue weighted by Gasteiger charge is 2.22. The summed E-state index contributed by atoms with van der Waals surface area (Å²) in [6.45, 7) is 3.76. The first kappa shape index (κ1) is 19.2. The Balaban J connectivity index is 1.38. The number of ether oxygens (including phenoxy) is 1. The Morgan fingerprint density at radius 2 is 1.78 bits per heavy atom. The van der Waals surface area contributed by atoms with E-state index in [9.17, 15) is 9.59 Å². The predicted octanol–water partition coefficient (Wildman–Crippen LogP) is 2.27. The Labute approximate surface area is 160 Å². The third kappa shape index (κ3) is 5.44. The molecule has 27 heavy (non-hydrogen) atoms. The molecule has 1 heterocycles. The first-order valence-corrected chi connectivity index (χ1v) is 9.48. The molecular weight excluding hydrogens is 342 g/mol. The summed E-state index contributed by atoms with van der Waals surface area (Å²) in [6.07, 6.45) is 1.74. The summed E-state index contributed by atoms with van der Waals surface area (Å²) in [5.74, 6) is -0.296. The minimum absolute atomic E-state index is 0.221. The van der Waals surface area contributed by atoms with Gasteiger partial charge in [-0.15, -0.1) is 0 Å². The Morgan fingerprint density at radius 3 is 2.52 bits per heavy atom. The lowest BCUT2D eigenvalue weighted by Gasteiger charge is -2.34. The molecule has 1 N–H and O–H groups in total. The van der Waals surface area contributed by atoms with Crippen molar-refractivity contribution in [3.05, 3.63) is 48.0 Å². The van der Waals surface area contributed by atoms with Gasteiger partial charge in [0, 0.05) is 33.2 Å². The molecule has 1 aliphatic rings. The fourth-order valence-electron chi connectivity index (χ4n) is 3.35. The van der Waals surface area contributed by atoms with Crippen LogP contribution in [0.3, 0.4) is 0 Å². The summed E-state index contributed by atoms with van der Waals surface area (Å²) >= 11 is 0. The number of benzene rings is 2. The molecule has 2 amide bonds. The van der Waals surface area contributed by atoms with Crippen LogP contribution in [0.5, 0.6) is 0 Å². The predicted molar refractivity (Wildman–Crippen MR) is 106 cm³/mol. The van der Waals surface area contributed by atoms with Crippen molar-refractivity contribution in [2.75, 3.05) is 46.4 Å². The molecule has 0 radical (unpaired) electrons. The van der Waals surface area contributed by atoms with Gasteiger partial charge in [0.1, 0.15) is 0 Å². The average Bonchev–Trinajstić information content (AvgIpc) is 2.72. The number of likely N-dealkylation sites (N-methyl/N-ethyl adjacent to an activating group) is 1. The van der Waals surface area contributed by atoms with Crippen molar-refractivity contribution in [1.29, 1.82) is 0 Å². The maximum Gasteiger partial charge on any atom is 0.410 e. The van der Waals surface area contributed by atoms with Crippen LogP contribution < -0.4 is 5.32 Å². The lowest BCUT2D eigenvalue weighted by Crippen LogP contribution is -2.49. The third-order valence-corrected chi connectivity index (χ3v) is 4.99. The van der Waals surface area contributed by atoms with Crippen molar-refractivity contribution in [2.45, 2.75) is 12.8 Å². The van der Waals surface area contributed by atoms with Gasteiger partial charge < -0.3 is 15.0 Å². The topological polar surface area (TPSA) is 61.9 Å². The lowest BCUT2D eigenvalue weighted by molar-refractivity contribution is -0.123. The quantitative estimate of drug-likeness (QED) is 0.849. The van der Waals surface area contributed by atoms with Crippen LogP contribution in [0.15, 0.2) is 42.5 Å². The van der Waals surface area contributed by atoms with Crippen molar-refractivity contribution in [1.82, 2.24) is 15.1 Å². The van der Waals surface area contributed by atoms with Crippen molar-refractivity contribution in [3.63, 3.8) is 0 Å². The first-order valence-electron chi connectivity index (χ1n) is 9.48. The van der Waals surface area contributed by atoms with Crippen LogP contribution >= 0.6 is 0 Å². The molecule has 1 aliphatic heterocycles. The molecule has 144 valence electrons. The fourth-order valence-corrected chi connectivity index (χ4v) is 3.35. The fraction of sp³-hybridized carbons (Fsp3) is 0.429. The first-order chi connectivity index (χ1) is 13.2. The number of hydrogen-bond donors (Lipinski definition) is 1. The van der Waals surface area contributed by atoms with E-state index in [4.69, 9.17) is 4.74 Å². The largest absolute Gasteiger partial charge is 0.439 e. The molecular formula is C21H27N3O3. The summed E-state index contributed by atoms with van der Waals surface area (Å²) in [7, 11) is 1.52. The highest BCUT2D eigenvalue weighted by atomic mass is 16.6. The van der Waals surface area contributed by atoms with E-state index in [1.54, 1.807) is 4.90 Å². The van der Waals surface area contributed by atoms with Gasteiger partial charge in [-0.05, 0) is 35.7 Å². The minimum Gasteiger partial charge on any atom is -0.439 e. The standard InChI is InChI=1S/C21H27N3O3/c1-22-20(25)16-27-21(26)24-13-11-23(12-14-24)10-4-5-17-8-9-18-6-2-3-7-19(18)15-17/h2-3,6-9,15H,4-5,10-14,16H2,1H3,(H,22,25). The van der Waals surface area contributed by atoms with Crippen LogP contribution in [0, 0.1) is 0 Å². The second-order valence-electron chi connectivity index (χ2n) is 6.84. The number of hydrogen-bond acceptors (Lipinski definition) is 4. The molecule has 2 aromatic carbocycles. The molecule has 1 fully saturated rings. The summed E-state index contributed by atoms with van der Waals surface area (Å²) in [5.41, 5.74) is 1.37. The number of carbonyl (C=O) groups is 2. The maximum absolute atomic E-state index is 11.9. The second-order valence-corrected chi connectivity index (χ2v) is 6.84. The zero-order valence-corrected chi connectivity index (χ0v) is 15.8. The van der Waals surface area contributed by atoms with Gasteiger partial charge in [-0.2, -0.15) is 0 Å². The van der Waals surface area contributed by atoms with E-state index in [0.717, 1.165) is 32.5 Å². The third-order valence-electron chi connectivity index (χ3n) is 4.99. The van der Waals surface area contributed by atoms with Crippen LogP contribution in [0.1, 0.15) is 12.0 Å². The second kappa shape index (κ2) is 9.37. The van der Waals surface area contributed by atoms with Crippen molar-refractivity contribution in [2.24, 2.45) is 0 Å². The number of nitrogens with zero attached hydrogens (tertiary/aromatic N) is 2. The molecule has 0 aromatic heterocycles.